The van der Waals surface area contributed by atoms with E-state index < -0.39 is 0 Å². The van der Waals surface area contributed by atoms with Crippen molar-refractivity contribution in [1.82, 2.24) is 15.0 Å². The van der Waals surface area contributed by atoms with Gasteiger partial charge in [-0.3, -0.25) is 4.79 Å². The molecule has 0 saturated heterocycles. The number of rotatable bonds is 8. The van der Waals surface area contributed by atoms with Crippen molar-refractivity contribution < 1.29 is 14.3 Å². The lowest BCUT2D eigenvalue weighted by molar-refractivity contribution is -0.134. The molecule has 0 bridgehead atoms. The first-order valence-corrected chi connectivity index (χ1v) is 8.91. The van der Waals surface area contributed by atoms with Crippen LogP contribution in [0, 0.1) is 0 Å². The van der Waals surface area contributed by atoms with E-state index >= 15 is 0 Å². The molecule has 3 aromatic rings. The maximum Gasteiger partial charge on any atom is 0.311 e. The Balaban J connectivity index is 1.61. The van der Waals surface area contributed by atoms with Crippen LogP contribution in [0.3, 0.4) is 0 Å². The summed E-state index contributed by atoms with van der Waals surface area (Å²) in [5.41, 5.74) is 3.00. The molecular formula is C20H21N5O3. The van der Waals surface area contributed by atoms with Crippen molar-refractivity contribution in [3.8, 4) is 11.4 Å². The molecule has 0 radical (unpaired) electrons. The van der Waals surface area contributed by atoms with Crippen LogP contribution in [0.25, 0.3) is 5.69 Å². The summed E-state index contributed by atoms with van der Waals surface area (Å²) in [6.07, 6.45) is 2.98. The van der Waals surface area contributed by atoms with Gasteiger partial charge < -0.3 is 9.47 Å². The lowest BCUT2D eigenvalue weighted by Gasteiger charge is -2.03. The molecule has 0 spiro atoms. The maximum atomic E-state index is 11.5. The van der Waals surface area contributed by atoms with E-state index in [9.17, 15) is 4.79 Å². The van der Waals surface area contributed by atoms with Gasteiger partial charge in [0.05, 0.1) is 29.9 Å². The minimum Gasteiger partial charge on any atom is -0.427 e. The van der Waals surface area contributed by atoms with Gasteiger partial charge >= 0.3 is 5.97 Å². The summed E-state index contributed by atoms with van der Waals surface area (Å²) < 4.78 is 11.9. The SMILES string of the molecule is CCCC(=O)Oc1ccc(N=Nc2ccc(-n3cc(COC)nn3)cc2)cc1. The van der Waals surface area contributed by atoms with Crippen LogP contribution in [0.1, 0.15) is 25.5 Å². The van der Waals surface area contributed by atoms with E-state index in [0.717, 1.165) is 17.8 Å². The van der Waals surface area contributed by atoms with Crippen LogP contribution in [0.5, 0.6) is 5.75 Å². The smallest absolute Gasteiger partial charge is 0.311 e. The summed E-state index contributed by atoms with van der Waals surface area (Å²) in [6.45, 7) is 2.35. The largest absolute Gasteiger partial charge is 0.427 e. The topological polar surface area (TPSA) is 91.0 Å². The van der Waals surface area contributed by atoms with E-state index in [1.165, 1.54) is 0 Å². The van der Waals surface area contributed by atoms with Crippen molar-refractivity contribution in [2.45, 2.75) is 26.4 Å². The second-order valence-corrected chi connectivity index (χ2v) is 6.02. The number of hydrogen-bond acceptors (Lipinski definition) is 7. The fraction of sp³-hybridized carbons (Fsp3) is 0.250. The van der Waals surface area contributed by atoms with E-state index in [2.05, 4.69) is 20.5 Å². The van der Waals surface area contributed by atoms with E-state index in [-0.39, 0.29) is 5.97 Å². The van der Waals surface area contributed by atoms with Gasteiger partial charge in [-0.25, -0.2) is 4.68 Å². The molecule has 0 N–H and O–H groups in total. The average Bonchev–Trinajstić information content (AvgIpc) is 3.17. The number of ether oxygens (including phenoxy) is 2. The molecule has 28 heavy (non-hydrogen) atoms. The van der Waals surface area contributed by atoms with Crippen LogP contribution in [-0.2, 0) is 16.1 Å². The minimum absolute atomic E-state index is 0.237. The summed E-state index contributed by atoms with van der Waals surface area (Å²) in [7, 11) is 1.62. The zero-order valence-electron chi connectivity index (χ0n) is 15.8. The summed E-state index contributed by atoms with van der Waals surface area (Å²) >= 11 is 0. The van der Waals surface area contributed by atoms with Crippen molar-refractivity contribution in [2.75, 3.05) is 7.11 Å². The van der Waals surface area contributed by atoms with Gasteiger partial charge in [0.1, 0.15) is 11.4 Å². The van der Waals surface area contributed by atoms with Crippen LogP contribution in [-0.4, -0.2) is 28.1 Å². The Morgan fingerprint density at radius 2 is 1.68 bits per heavy atom. The molecule has 0 aliphatic carbocycles. The zero-order valence-corrected chi connectivity index (χ0v) is 15.8. The number of benzene rings is 2. The van der Waals surface area contributed by atoms with Crippen LogP contribution in [0.15, 0.2) is 65.0 Å². The molecule has 8 heteroatoms. The lowest BCUT2D eigenvalue weighted by Crippen LogP contribution is -2.06. The first-order chi connectivity index (χ1) is 13.7. The minimum atomic E-state index is -0.237. The Morgan fingerprint density at radius 1 is 1.04 bits per heavy atom. The molecule has 0 atom stereocenters. The third-order valence-electron chi connectivity index (χ3n) is 3.75. The number of nitrogens with zero attached hydrogens (tertiary/aromatic N) is 5. The molecule has 0 aliphatic heterocycles. The fourth-order valence-corrected chi connectivity index (χ4v) is 2.39. The number of methoxy groups -OCH3 is 1. The monoisotopic (exact) mass is 379 g/mol. The first kappa shape index (κ1) is 19.4. The van der Waals surface area contributed by atoms with Gasteiger partial charge in [0.25, 0.3) is 0 Å². The van der Waals surface area contributed by atoms with Gasteiger partial charge in [-0.1, -0.05) is 12.1 Å². The van der Waals surface area contributed by atoms with Crippen LogP contribution < -0.4 is 4.74 Å². The second kappa shape index (κ2) is 9.52. The quantitative estimate of drug-likeness (QED) is 0.326. The van der Waals surface area contributed by atoms with E-state index in [1.54, 1.807) is 36.1 Å². The highest BCUT2D eigenvalue weighted by Crippen LogP contribution is 2.22. The van der Waals surface area contributed by atoms with Gasteiger partial charge in [-0.05, 0) is 55.0 Å². The zero-order chi connectivity index (χ0) is 19.8. The summed E-state index contributed by atoms with van der Waals surface area (Å²) in [5.74, 6) is 0.265. The van der Waals surface area contributed by atoms with Crippen molar-refractivity contribution >= 4 is 17.3 Å². The third kappa shape index (κ3) is 5.31. The van der Waals surface area contributed by atoms with Gasteiger partial charge in [0.15, 0.2) is 0 Å². The summed E-state index contributed by atoms with van der Waals surface area (Å²) in [4.78, 5) is 11.5. The average molecular weight is 379 g/mol. The number of carbonyl (C=O) groups excluding carboxylic acids is 1. The van der Waals surface area contributed by atoms with Crippen molar-refractivity contribution in [3.05, 3.63) is 60.4 Å². The number of aromatic nitrogens is 3. The molecule has 144 valence electrons. The van der Waals surface area contributed by atoms with Crippen LogP contribution >= 0.6 is 0 Å². The van der Waals surface area contributed by atoms with E-state index in [1.807, 2.05) is 37.4 Å². The van der Waals surface area contributed by atoms with Gasteiger partial charge in [0.2, 0.25) is 0 Å². The molecule has 0 unspecified atom stereocenters. The highest BCUT2D eigenvalue weighted by Gasteiger charge is 2.04. The predicted octanol–water partition coefficient (Wildman–Crippen LogP) is 4.53. The molecule has 0 saturated carbocycles. The Hall–Kier alpha value is -3.39. The number of esters is 1. The van der Waals surface area contributed by atoms with Crippen molar-refractivity contribution in [3.63, 3.8) is 0 Å². The third-order valence-corrected chi connectivity index (χ3v) is 3.75. The van der Waals surface area contributed by atoms with Gasteiger partial charge in [-0.2, -0.15) is 10.2 Å². The lowest BCUT2D eigenvalue weighted by atomic mass is 10.3. The van der Waals surface area contributed by atoms with E-state index in [4.69, 9.17) is 9.47 Å². The Kier molecular flexibility index (Phi) is 6.59. The molecule has 0 amide bonds. The maximum absolute atomic E-state index is 11.5. The molecule has 8 nitrogen and oxygen atoms in total. The first-order valence-electron chi connectivity index (χ1n) is 8.91. The molecule has 1 heterocycles. The Bertz CT molecular complexity index is 933. The highest BCUT2D eigenvalue weighted by atomic mass is 16.5. The number of carbonyl (C=O) groups is 1. The van der Waals surface area contributed by atoms with Crippen molar-refractivity contribution in [1.29, 1.82) is 0 Å². The normalized spacial score (nSPS) is 11.1. The Labute approximate surface area is 162 Å². The van der Waals surface area contributed by atoms with Crippen LogP contribution in [0.4, 0.5) is 11.4 Å². The Morgan fingerprint density at radius 3 is 2.29 bits per heavy atom. The van der Waals surface area contributed by atoms with E-state index in [0.29, 0.717) is 30.2 Å². The van der Waals surface area contributed by atoms with Gasteiger partial charge in [0, 0.05) is 13.5 Å². The molecule has 0 aliphatic rings. The number of azo groups is 1. The second-order valence-electron chi connectivity index (χ2n) is 6.02. The standard InChI is InChI=1S/C20H21N5O3/c1-3-4-20(26)28-19-11-7-16(8-12-19)22-21-15-5-9-18(10-6-15)25-13-17(14-27-2)23-24-25/h5-13H,3-4,14H2,1-2H3. The van der Waals surface area contributed by atoms with Gasteiger partial charge in [-0.15, -0.1) is 5.10 Å². The molecule has 0 fully saturated rings. The molecule has 1 aromatic heterocycles. The summed E-state index contributed by atoms with van der Waals surface area (Å²) in [5, 5.41) is 16.5. The van der Waals surface area contributed by atoms with Crippen LogP contribution in [0.2, 0.25) is 0 Å². The highest BCUT2D eigenvalue weighted by molar-refractivity contribution is 5.72. The predicted molar refractivity (Wildman–Crippen MR) is 103 cm³/mol. The number of hydrogen-bond donors (Lipinski definition) is 0. The summed E-state index contributed by atoms with van der Waals surface area (Å²) in [6, 6.07) is 14.4. The fourth-order valence-electron chi connectivity index (χ4n) is 2.39. The molecule has 2 aromatic carbocycles. The van der Waals surface area contributed by atoms with Crippen molar-refractivity contribution in [2.24, 2.45) is 10.2 Å². The molecular weight excluding hydrogens is 358 g/mol. The molecule has 3 rings (SSSR count).